The molecular formula is C16H22N4. The van der Waals surface area contributed by atoms with Gasteiger partial charge in [-0.05, 0) is 38.9 Å². The van der Waals surface area contributed by atoms with Crippen molar-refractivity contribution in [1.29, 1.82) is 0 Å². The number of benzene rings is 1. The summed E-state index contributed by atoms with van der Waals surface area (Å²) in [6, 6.07) is 9.26. The number of rotatable bonds is 5. The first-order chi connectivity index (χ1) is 9.66. The lowest BCUT2D eigenvalue weighted by Crippen LogP contribution is -2.36. The maximum absolute atomic E-state index is 5.98. The fourth-order valence-corrected chi connectivity index (χ4v) is 2.60. The SMILES string of the molecule is CC(CNc1ccnc2c(N)cccc12)N(C)C1CC1. The number of nitrogens with zero attached hydrogens (tertiary/aromatic N) is 2. The van der Waals surface area contributed by atoms with E-state index < -0.39 is 0 Å². The van der Waals surface area contributed by atoms with Crippen LogP contribution in [-0.2, 0) is 0 Å². The Kier molecular flexibility index (Phi) is 3.49. The number of hydrogen-bond acceptors (Lipinski definition) is 4. The quantitative estimate of drug-likeness (QED) is 0.820. The standard InChI is InChI=1S/C16H22N4/c1-11(20(2)12-6-7-12)10-19-15-8-9-18-16-13(15)4-3-5-14(16)17/h3-5,8-9,11-12H,6-7,10,17H2,1-2H3,(H,18,19). The molecule has 0 aliphatic heterocycles. The first-order valence-electron chi connectivity index (χ1n) is 7.26. The second-order valence-corrected chi connectivity index (χ2v) is 5.73. The van der Waals surface area contributed by atoms with E-state index in [0.29, 0.717) is 6.04 Å². The number of nitrogens with one attached hydrogen (secondary N) is 1. The molecule has 0 amide bonds. The van der Waals surface area contributed by atoms with Crippen LogP contribution < -0.4 is 11.1 Å². The van der Waals surface area contributed by atoms with Crippen LogP contribution in [0.4, 0.5) is 11.4 Å². The number of likely N-dealkylation sites (N-methyl/N-ethyl adjacent to an activating group) is 1. The summed E-state index contributed by atoms with van der Waals surface area (Å²) in [5.41, 5.74) is 8.69. The van der Waals surface area contributed by atoms with Gasteiger partial charge in [-0.3, -0.25) is 9.88 Å². The van der Waals surface area contributed by atoms with Crippen molar-refractivity contribution >= 4 is 22.3 Å². The van der Waals surface area contributed by atoms with E-state index in [1.165, 1.54) is 12.8 Å². The lowest BCUT2D eigenvalue weighted by molar-refractivity contribution is 0.257. The van der Waals surface area contributed by atoms with Crippen molar-refractivity contribution in [3.05, 3.63) is 30.5 Å². The number of para-hydroxylation sites is 1. The lowest BCUT2D eigenvalue weighted by atomic mass is 10.1. The molecule has 1 aliphatic carbocycles. The van der Waals surface area contributed by atoms with Crippen LogP contribution in [-0.4, -0.2) is 35.6 Å². The second-order valence-electron chi connectivity index (χ2n) is 5.73. The summed E-state index contributed by atoms with van der Waals surface area (Å²) < 4.78 is 0. The molecule has 1 fully saturated rings. The van der Waals surface area contributed by atoms with Gasteiger partial charge in [0, 0.05) is 35.9 Å². The van der Waals surface area contributed by atoms with Gasteiger partial charge in [-0.25, -0.2) is 0 Å². The number of fused-ring (bicyclic) bond motifs is 1. The monoisotopic (exact) mass is 270 g/mol. The molecule has 106 valence electrons. The average Bonchev–Trinajstić information content (AvgIpc) is 3.29. The largest absolute Gasteiger partial charge is 0.397 e. The molecule has 4 nitrogen and oxygen atoms in total. The fraction of sp³-hybridized carbons (Fsp3) is 0.438. The molecule has 2 aromatic rings. The number of anilines is 2. The number of nitrogens with two attached hydrogens (primary N) is 1. The summed E-state index contributed by atoms with van der Waals surface area (Å²) >= 11 is 0. The summed E-state index contributed by atoms with van der Waals surface area (Å²) in [7, 11) is 2.21. The number of nitrogen functional groups attached to an aromatic ring is 1. The van der Waals surface area contributed by atoms with E-state index in [1.807, 2.05) is 24.4 Å². The zero-order valence-corrected chi connectivity index (χ0v) is 12.1. The minimum absolute atomic E-state index is 0.520. The average molecular weight is 270 g/mol. The van der Waals surface area contributed by atoms with Crippen LogP contribution in [0.15, 0.2) is 30.5 Å². The molecule has 0 bridgehead atoms. The van der Waals surface area contributed by atoms with Crippen molar-refractivity contribution in [2.45, 2.75) is 31.8 Å². The third-order valence-electron chi connectivity index (χ3n) is 4.21. The van der Waals surface area contributed by atoms with Crippen LogP contribution in [0.25, 0.3) is 10.9 Å². The highest BCUT2D eigenvalue weighted by molar-refractivity contribution is 5.97. The Morgan fingerprint density at radius 1 is 1.40 bits per heavy atom. The molecular weight excluding hydrogens is 248 g/mol. The molecule has 1 aliphatic rings. The molecule has 1 atom stereocenters. The summed E-state index contributed by atoms with van der Waals surface area (Å²) in [4.78, 5) is 6.83. The van der Waals surface area contributed by atoms with Crippen molar-refractivity contribution in [2.75, 3.05) is 24.6 Å². The predicted octanol–water partition coefficient (Wildman–Crippen LogP) is 2.71. The van der Waals surface area contributed by atoms with Gasteiger partial charge < -0.3 is 11.1 Å². The van der Waals surface area contributed by atoms with E-state index in [9.17, 15) is 0 Å². The topological polar surface area (TPSA) is 54.2 Å². The molecule has 3 rings (SSSR count). The van der Waals surface area contributed by atoms with E-state index in [4.69, 9.17) is 5.73 Å². The van der Waals surface area contributed by atoms with E-state index in [2.05, 4.69) is 35.2 Å². The molecule has 0 radical (unpaired) electrons. The highest BCUT2D eigenvalue weighted by Crippen LogP contribution is 2.28. The lowest BCUT2D eigenvalue weighted by Gasteiger charge is -2.25. The Morgan fingerprint density at radius 2 is 2.20 bits per heavy atom. The molecule has 20 heavy (non-hydrogen) atoms. The van der Waals surface area contributed by atoms with Crippen molar-refractivity contribution in [3.8, 4) is 0 Å². The maximum atomic E-state index is 5.98. The Hall–Kier alpha value is -1.81. The molecule has 4 heteroatoms. The molecule has 1 heterocycles. The van der Waals surface area contributed by atoms with E-state index in [1.54, 1.807) is 0 Å². The number of aromatic nitrogens is 1. The fourth-order valence-electron chi connectivity index (χ4n) is 2.60. The zero-order valence-electron chi connectivity index (χ0n) is 12.1. The van der Waals surface area contributed by atoms with Gasteiger partial charge in [0.15, 0.2) is 0 Å². The van der Waals surface area contributed by atoms with E-state index >= 15 is 0 Å². The second kappa shape index (κ2) is 5.29. The smallest absolute Gasteiger partial charge is 0.0951 e. The molecule has 0 saturated heterocycles. The Bertz CT molecular complexity index is 606. The summed E-state index contributed by atoms with van der Waals surface area (Å²) in [5, 5.41) is 4.63. The predicted molar refractivity (Wildman–Crippen MR) is 84.9 cm³/mol. The Labute approximate surface area is 120 Å². The highest BCUT2D eigenvalue weighted by atomic mass is 15.2. The Balaban J connectivity index is 1.75. The molecule has 0 spiro atoms. The maximum Gasteiger partial charge on any atom is 0.0951 e. The van der Waals surface area contributed by atoms with Gasteiger partial charge in [-0.1, -0.05) is 12.1 Å². The minimum Gasteiger partial charge on any atom is -0.397 e. The van der Waals surface area contributed by atoms with Crippen LogP contribution in [0.1, 0.15) is 19.8 Å². The van der Waals surface area contributed by atoms with Gasteiger partial charge in [0.2, 0.25) is 0 Å². The van der Waals surface area contributed by atoms with Gasteiger partial charge in [-0.15, -0.1) is 0 Å². The summed E-state index contributed by atoms with van der Waals surface area (Å²) in [6.45, 7) is 3.20. The third kappa shape index (κ3) is 2.56. The van der Waals surface area contributed by atoms with Gasteiger partial charge >= 0.3 is 0 Å². The van der Waals surface area contributed by atoms with Gasteiger partial charge in [0.05, 0.1) is 11.2 Å². The summed E-state index contributed by atoms with van der Waals surface area (Å²) in [5.74, 6) is 0. The van der Waals surface area contributed by atoms with Crippen molar-refractivity contribution in [3.63, 3.8) is 0 Å². The third-order valence-corrected chi connectivity index (χ3v) is 4.21. The molecule has 1 aromatic heterocycles. The first kappa shape index (κ1) is 13.2. The number of hydrogen-bond donors (Lipinski definition) is 2. The van der Waals surface area contributed by atoms with Crippen molar-refractivity contribution in [1.82, 2.24) is 9.88 Å². The first-order valence-corrected chi connectivity index (χ1v) is 7.26. The van der Waals surface area contributed by atoms with Crippen LogP contribution in [0.5, 0.6) is 0 Å². The minimum atomic E-state index is 0.520. The molecule has 3 N–H and O–H groups in total. The van der Waals surface area contributed by atoms with Gasteiger partial charge in [0.1, 0.15) is 0 Å². The van der Waals surface area contributed by atoms with E-state index in [-0.39, 0.29) is 0 Å². The van der Waals surface area contributed by atoms with Gasteiger partial charge in [0.25, 0.3) is 0 Å². The van der Waals surface area contributed by atoms with Crippen LogP contribution in [0.3, 0.4) is 0 Å². The molecule has 1 saturated carbocycles. The highest BCUT2D eigenvalue weighted by Gasteiger charge is 2.28. The Morgan fingerprint density at radius 3 is 2.95 bits per heavy atom. The van der Waals surface area contributed by atoms with E-state index in [0.717, 1.165) is 34.9 Å². The van der Waals surface area contributed by atoms with Gasteiger partial charge in [-0.2, -0.15) is 0 Å². The summed E-state index contributed by atoms with van der Waals surface area (Å²) in [6.07, 6.45) is 4.50. The van der Waals surface area contributed by atoms with Crippen LogP contribution in [0.2, 0.25) is 0 Å². The number of pyridine rings is 1. The van der Waals surface area contributed by atoms with Crippen molar-refractivity contribution in [2.24, 2.45) is 0 Å². The van der Waals surface area contributed by atoms with Crippen molar-refractivity contribution < 1.29 is 0 Å². The van der Waals surface area contributed by atoms with Crippen LogP contribution in [0, 0.1) is 0 Å². The van der Waals surface area contributed by atoms with Crippen LogP contribution >= 0.6 is 0 Å². The normalized spacial score (nSPS) is 16.6. The molecule has 1 aromatic carbocycles. The molecule has 1 unspecified atom stereocenters. The zero-order chi connectivity index (χ0) is 14.1.